The average molecular weight is 238 g/mol. The molecule has 0 unspecified atom stereocenters. The minimum Gasteiger partial charge on any atom is -0.0985 e. The van der Waals surface area contributed by atoms with Crippen molar-refractivity contribution in [3.63, 3.8) is 0 Å². The smallest absolute Gasteiger partial charge is 0.00989 e. The van der Waals surface area contributed by atoms with Crippen molar-refractivity contribution in [3.05, 3.63) is 42.0 Å². The van der Waals surface area contributed by atoms with Crippen LogP contribution in [0.1, 0.15) is 49.1 Å². The lowest BCUT2D eigenvalue weighted by Gasteiger charge is -2.55. The van der Waals surface area contributed by atoms with Crippen molar-refractivity contribution in [3.8, 4) is 0 Å². The third kappa shape index (κ3) is 1.51. The number of hydrogen-bond acceptors (Lipinski definition) is 0. The Morgan fingerprint density at radius 2 is 1.50 bits per heavy atom. The first-order valence-corrected chi connectivity index (χ1v) is 7.56. The standard InChI is InChI=1S/C18H22/c1-2-14-5-3-4-6-17(14)18-15-8-12-7-13(10-15)11-16(18)9-12/h2-6,12-13,15-16,18H,1,7-11H2. The van der Waals surface area contributed by atoms with Crippen molar-refractivity contribution < 1.29 is 0 Å². The molecule has 18 heavy (non-hydrogen) atoms. The zero-order valence-electron chi connectivity index (χ0n) is 11.0. The van der Waals surface area contributed by atoms with E-state index >= 15 is 0 Å². The highest BCUT2D eigenvalue weighted by molar-refractivity contribution is 5.53. The highest BCUT2D eigenvalue weighted by Gasteiger charge is 2.48. The molecule has 4 bridgehead atoms. The minimum atomic E-state index is 0.840. The topological polar surface area (TPSA) is 0 Å². The molecular formula is C18H22. The Labute approximate surface area is 110 Å². The van der Waals surface area contributed by atoms with E-state index in [0.29, 0.717) is 0 Å². The lowest BCUT2D eigenvalue weighted by molar-refractivity contribution is -0.00284. The number of rotatable bonds is 2. The van der Waals surface area contributed by atoms with Crippen molar-refractivity contribution in [2.75, 3.05) is 0 Å². The molecule has 0 spiro atoms. The Hall–Kier alpha value is -1.04. The molecule has 5 rings (SSSR count). The molecule has 94 valence electrons. The SMILES string of the molecule is C=Cc1ccccc1C1C2CC3CC(C2)CC1C3. The van der Waals surface area contributed by atoms with Gasteiger partial charge in [0.15, 0.2) is 0 Å². The maximum absolute atomic E-state index is 4.00. The van der Waals surface area contributed by atoms with Gasteiger partial charge in [-0.2, -0.15) is 0 Å². The zero-order chi connectivity index (χ0) is 12.1. The van der Waals surface area contributed by atoms with Crippen LogP contribution in [-0.4, -0.2) is 0 Å². The van der Waals surface area contributed by atoms with Gasteiger partial charge in [-0.25, -0.2) is 0 Å². The molecule has 0 heterocycles. The van der Waals surface area contributed by atoms with Crippen molar-refractivity contribution in [1.29, 1.82) is 0 Å². The summed E-state index contributed by atoms with van der Waals surface area (Å²) in [6, 6.07) is 8.97. The summed E-state index contributed by atoms with van der Waals surface area (Å²) >= 11 is 0. The van der Waals surface area contributed by atoms with E-state index in [0.717, 1.165) is 29.6 Å². The molecule has 0 aromatic heterocycles. The molecule has 4 fully saturated rings. The average Bonchev–Trinajstić information content (AvgIpc) is 2.38. The van der Waals surface area contributed by atoms with Gasteiger partial charge in [0, 0.05) is 0 Å². The predicted octanol–water partition coefficient (Wildman–Crippen LogP) is 4.87. The van der Waals surface area contributed by atoms with Crippen LogP contribution in [0, 0.1) is 23.7 Å². The molecule has 1 aromatic carbocycles. The summed E-state index contributed by atoms with van der Waals surface area (Å²) in [5, 5.41) is 0. The van der Waals surface area contributed by atoms with E-state index in [4.69, 9.17) is 0 Å². The Kier molecular flexibility index (Phi) is 2.40. The fourth-order valence-corrected chi connectivity index (χ4v) is 5.43. The van der Waals surface area contributed by atoms with Crippen molar-refractivity contribution >= 4 is 6.08 Å². The Morgan fingerprint density at radius 3 is 2.11 bits per heavy atom. The molecular weight excluding hydrogens is 216 g/mol. The van der Waals surface area contributed by atoms with E-state index in [2.05, 4.69) is 36.9 Å². The molecule has 4 aliphatic rings. The second-order valence-electron chi connectivity index (χ2n) is 6.79. The van der Waals surface area contributed by atoms with Gasteiger partial charge < -0.3 is 0 Å². The van der Waals surface area contributed by atoms with Gasteiger partial charge in [-0.3, -0.25) is 0 Å². The van der Waals surface area contributed by atoms with E-state index in [1.807, 2.05) is 0 Å². The molecule has 0 amide bonds. The normalized spacial score (nSPS) is 41.0. The lowest BCUT2D eigenvalue weighted by atomic mass is 9.50. The van der Waals surface area contributed by atoms with Crippen LogP contribution in [0.4, 0.5) is 0 Å². The van der Waals surface area contributed by atoms with Gasteiger partial charge in [-0.1, -0.05) is 36.9 Å². The Bertz CT molecular complexity index is 443. The summed E-state index contributed by atoms with van der Waals surface area (Å²) in [6.07, 6.45) is 9.61. The highest BCUT2D eigenvalue weighted by atomic mass is 14.5. The maximum atomic E-state index is 4.00. The van der Waals surface area contributed by atoms with Crippen molar-refractivity contribution in [1.82, 2.24) is 0 Å². The van der Waals surface area contributed by atoms with Crippen LogP contribution < -0.4 is 0 Å². The van der Waals surface area contributed by atoms with Gasteiger partial charge >= 0.3 is 0 Å². The van der Waals surface area contributed by atoms with Gasteiger partial charge in [0.25, 0.3) is 0 Å². The molecule has 4 saturated carbocycles. The van der Waals surface area contributed by atoms with Crippen LogP contribution in [-0.2, 0) is 0 Å². The maximum Gasteiger partial charge on any atom is -0.00989 e. The summed E-state index contributed by atoms with van der Waals surface area (Å²) in [4.78, 5) is 0. The van der Waals surface area contributed by atoms with Crippen LogP contribution in [0.25, 0.3) is 6.08 Å². The minimum absolute atomic E-state index is 0.840. The van der Waals surface area contributed by atoms with Gasteiger partial charge in [0.05, 0.1) is 0 Å². The largest absolute Gasteiger partial charge is 0.0985 e. The molecule has 0 radical (unpaired) electrons. The predicted molar refractivity (Wildman–Crippen MR) is 76.3 cm³/mol. The third-order valence-corrected chi connectivity index (χ3v) is 5.80. The highest BCUT2D eigenvalue weighted by Crippen LogP contribution is 2.60. The van der Waals surface area contributed by atoms with Crippen LogP contribution in [0.15, 0.2) is 30.8 Å². The second-order valence-corrected chi connectivity index (χ2v) is 6.79. The summed E-state index contributed by atoms with van der Waals surface area (Å²) < 4.78 is 0. The first-order valence-electron chi connectivity index (χ1n) is 7.56. The summed E-state index contributed by atoms with van der Waals surface area (Å²) in [5.41, 5.74) is 2.98. The van der Waals surface area contributed by atoms with E-state index in [1.165, 1.54) is 31.2 Å². The molecule has 0 N–H and O–H groups in total. The van der Waals surface area contributed by atoms with Crippen LogP contribution >= 0.6 is 0 Å². The Morgan fingerprint density at radius 1 is 0.889 bits per heavy atom. The first-order chi connectivity index (χ1) is 8.85. The number of benzene rings is 1. The van der Waals surface area contributed by atoms with Crippen LogP contribution in [0.5, 0.6) is 0 Å². The van der Waals surface area contributed by atoms with Crippen LogP contribution in [0.3, 0.4) is 0 Å². The van der Waals surface area contributed by atoms with E-state index in [-0.39, 0.29) is 0 Å². The van der Waals surface area contributed by atoms with Gasteiger partial charge in [-0.15, -0.1) is 0 Å². The van der Waals surface area contributed by atoms with Crippen LogP contribution in [0.2, 0.25) is 0 Å². The fraction of sp³-hybridized carbons (Fsp3) is 0.556. The third-order valence-electron chi connectivity index (χ3n) is 5.80. The van der Waals surface area contributed by atoms with E-state index in [9.17, 15) is 0 Å². The number of hydrogen-bond donors (Lipinski definition) is 0. The van der Waals surface area contributed by atoms with Crippen molar-refractivity contribution in [2.24, 2.45) is 23.7 Å². The zero-order valence-corrected chi connectivity index (χ0v) is 11.0. The molecule has 1 aromatic rings. The van der Waals surface area contributed by atoms with E-state index < -0.39 is 0 Å². The molecule has 4 aliphatic carbocycles. The van der Waals surface area contributed by atoms with Gasteiger partial charge in [0.1, 0.15) is 0 Å². The summed E-state index contributed by atoms with van der Waals surface area (Å²) in [5.74, 6) is 4.93. The fourth-order valence-electron chi connectivity index (χ4n) is 5.43. The molecule has 0 atom stereocenters. The second kappa shape index (κ2) is 3.98. The first kappa shape index (κ1) is 10.8. The lowest BCUT2D eigenvalue weighted by Crippen LogP contribution is -2.43. The van der Waals surface area contributed by atoms with Gasteiger partial charge in [0.2, 0.25) is 0 Å². The van der Waals surface area contributed by atoms with Crippen molar-refractivity contribution in [2.45, 2.75) is 38.0 Å². The quantitative estimate of drug-likeness (QED) is 0.689. The molecule has 0 saturated heterocycles. The summed E-state index contributed by atoms with van der Waals surface area (Å²) in [6.45, 7) is 4.00. The molecule has 0 heteroatoms. The Balaban J connectivity index is 1.74. The van der Waals surface area contributed by atoms with E-state index in [1.54, 1.807) is 12.0 Å². The van der Waals surface area contributed by atoms with Gasteiger partial charge in [-0.05, 0) is 72.8 Å². The molecule has 0 nitrogen and oxygen atoms in total. The monoisotopic (exact) mass is 238 g/mol. The summed E-state index contributed by atoms with van der Waals surface area (Å²) in [7, 11) is 0. The molecule has 0 aliphatic heterocycles.